The summed E-state index contributed by atoms with van der Waals surface area (Å²) in [5.41, 5.74) is 6.03. The number of halogens is 2. The average Bonchev–Trinajstić information content (AvgIpc) is 2.80. The summed E-state index contributed by atoms with van der Waals surface area (Å²) < 4.78 is 31.5. The van der Waals surface area contributed by atoms with E-state index < -0.39 is 11.6 Å². The molecule has 0 aliphatic carbocycles. The highest BCUT2D eigenvalue weighted by Crippen LogP contribution is 2.16. The largest absolute Gasteiger partial charge is 0.423 e. The van der Waals surface area contributed by atoms with Crippen LogP contribution in [0.15, 0.2) is 22.6 Å². The first-order chi connectivity index (χ1) is 8.60. The Labute approximate surface area is 103 Å². The third-order valence-corrected chi connectivity index (χ3v) is 2.60. The van der Waals surface area contributed by atoms with Crippen molar-refractivity contribution in [2.45, 2.75) is 25.8 Å². The average molecular weight is 253 g/mol. The van der Waals surface area contributed by atoms with Crippen LogP contribution >= 0.6 is 0 Å². The zero-order valence-corrected chi connectivity index (χ0v) is 9.86. The van der Waals surface area contributed by atoms with Gasteiger partial charge in [0.15, 0.2) is 0 Å². The first-order valence-electron chi connectivity index (χ1n) is 5.62. The number of nitrogens with two attached hydrogens (primary N) is 1. The highest BCUT2D eigenvalue weighted by Gasteiger charge is 2.14. The fraction of sp³-hybridized carbons (Fsp3) is 0.333. The van der Waals surface area contributed by atoms with E-state index in [9.17, 15) is 8.78 Å². The molecule has 0 saturated carbocycles. The third kappa shape index (κ3) is 2.70. The molecule has 0 saturated heterocycles. The molecular formula is C12H13F2N3O. The smallest absolute Gasteiger partial charge is 0.233 e. The molecule has 1 aromatic carbocycles. The zero-order valence-electron chi connectivity index (χ0n) is 9.86. The number of hydrogen-bond acceptors (Lipinski definition) is 4. The number of aromatic nitrogens is 2. The monoisotopic (exact) mass is 253 g/mol. The van der Waals surface area contributed by atoms with Crippen molar-refractivity contribution >= 4 is 0 Å². The lowest BCUT2D eigenvalue weighted by Crippen LogP contribution is -2.08. The fourth-order valence-electron chi connectivity index (χ4n) is 1.49. The Balaban J connectivity index is 2.16. The molecule has 4 nitrogen and oxygen atoms in total. The van der Waals surface area contributed by atoms with Crippen LogP contribution in [-0.4, -0.2) is 10.2 Å². The molecule has 0 radical (unpaired) electrons. The summed E-state index contributed by atoms with van der Waals surface area (Å²) in [7, 11) is 0. The fourth-order valence-corrected chi connectivity index (χ4v) is 1.49. The van der Waals surface area contributed by atoms with Crippen LogP contribution in [0, 0.1) is 11.6 Å². The van der Waals surface area contributed by atoms with Crippen LogP contribution in [0.2, 0.25) is 0 Å². The number of nitrogens with zero attached hydrogens (tertiary/aromatic N) is 2. The van der Waals surface area contributed by atoms with Gasteiger partial charge in [0.25, 0.3) is 0 Å². The summed E-state index contributed by atoms with van der Waals surface area (Å²) in [6.07, 6.45) is 0.794. The van der Waals surface area contributed by atoms with Crippen molar-refractivity contribution in [1.29, 1.82) is 0 Å². The normalized spacial score (nSPS) is 12.7. The van der Waals surface area contributed by atoms with Crippen LogP contribution in [0.25, 0.3) is 0 Å². The second kappa shape index (κ2) is 5.22. The van der Waals surface area contributed by atoms with Crippen molar-refractivity contribution in [3.8, 4) is 0 Å². The minimum atomic E-state index is -0.630. The molecule has 2 aromatic rings. The molecular weight excluding hydrogens is 240 g/mol. The molecule has 0 spiro atoms. The molecule has 18 heavy (non-hydrogen) atoms. The lowest BCUT2D eigenvalue weighted by atomic mass is 10.1. The molecule has 0 aliphatic rings. The number of rotatable bonds is 4. The Morgan fingerprint density at radius 3 is 2.78 bits per heavy atom. The van der Waals surface area contributed by atoms with Gasteiger partial charge in [-0.1, -0.05) is 13.0 Å². The van der Waals surface area contributed by atoms with Gasteiger partial charge in [-0.3, -0.25) is 0 Å². The van der Waals surface area contributed by atoms with Crippen LogP contribution in [0.5, 0.6) is 0 Å². The van der Waals surface area contributed by atoms with Gasteiger partial charge < -0.3 is 10.2 Å². The summed E-state index contributed by atoms with van der Waals surface area (Å²) >= 11 is 0. The molecule has 0 fully saturated rings. The van der Waals surface area contributed by atoms with E-state index in [0.29, 0.717) is 17.9 Å². The molecule has 6 heteroatoms. The maximum absolute atomic E-state index is 13.4. The predicted octanol–water partition coefficient (Wildman–Crippen LogP) is 2.35. The maximum atomic E-state index is 13.4. The van der Waals surface area contributed by atoms with Crippen LogP contribution < -0.4 is 5.73 Å². The summed E-state index contributed by atoms with van der Waals surface area (Å²) in [6, 6.07) is 3.05. The van der Waals surface area contributed by atoms with Crippen LogP contribution in [0.1, 0.15) is 36.7 Å². The highest BCUT2D eigenvalue weighted by atomic mass is 19.1. The number of hydrogen-bond donors (Lipinski definition) is 1. The van der Waals surface area contributed by atoms with Gasteiger partial charge in [0.1, 0.15) is 11.6 Å². The Bertz CT molecular complexity index is 542. The van der Waals surface area contributed by atoms with Crippen molar-refractivity contribution in [3.05, 3.63) is 47.2 Å². The second-order valence-corrected chi connectivity index (χ2v) is 3.96. The van der Waals surface area contributed by atoms with E-state index in [-0.39, 0.29) is 18.4 Å². The Morgan fingerprint density at radius 1 is 1.33 bits per heavy atom. The SMILES string of the molecule is CCC(N)c1nnc(Cc2ccc(F)cc2F)o1. The molecule has 0 amide bonds. The Morgan fingerprint density at radius 2 is 2.11 bits per heavy atom. The first kappa shape index (κ1) is 12.6. The van der Waals surface area contributed by atoms with Gasteiger partial charge in [-0.2, -0.15) is 0 Å². The second-order valence-electron chi connectivity index (χ2n) is 3.96. The Hall–Kier alpha value is -1.82. The molecule has 1 atom stereocenters. The predicted molar refractivity (Wildman–Crippen MR) is 60.7 cm³/mol. The minimum Gasteiger partial charge on any atom is -0.423 e. The molecule has 2 N–H and O–H groups in total. The van der Waals surface area contributed by atoms with Crippen molar-refractivity contribution in [1.82, 2.24) is 10.2 Å². The van der Waals surface area contributed by atoms with E-state index in [1.54, 1.807) is 0 Å². The van der Waals surface area contributed by atoms with Crippen molar-refractivity contribution < 1.29 is 13.2 Å². The van der Waals surface area contributed by atoms with Crippen LogP contribution in [-0.2, 0) is 6.42 Å². The molecule has 0 bridgehead atoms. The van der Waals surface area contributed by atoms with E-state index in [1.807, 2.05) is 6.92 Å². The van der Waals surface area contributed by atoms with Gasteiger partial charge in [0, 0.05) is 6.07 Å². The summed E-state index contributed by atoms with van der Waals surface area (Å²) in [5.74, 6) is -0.653. The summed E-state index contributed by atoms with van der Waals surface area (Å²) in [6.45, 7) is 1.90. The van der Waals surface area contributed by atoms with E-state index in [2.05, 4.69) is 10.2 Å². The molecule has 1 heterocycles. The van der Waals surface area contributed by atoms with Crippen LogP contribution in [0.3, 0.4) is 0 Å². The third-order valence-electron chi connectivity index (χ3n) is 2.60. The van der Waals surface area contributed by atoms with Gasteiger partial charge in [-0.15, -0.1) is 10.2 Å². The maximum Gasteiger partial charge on any atom is 0.233 e. The zero-order chi connectivity index (χ0) is 13.1. The summed E-state index contributed by atoms with van der Waals surface area (Å²) in [4.78, 5) is 0. The van der Waals surface area contributed by atoms with Gasteiger partial charge in [0.05, 0.1) is 12.5 Å². The molecule has 0 aliphatic heterocycles. The van der Waals surface area contributed by atoms with Crippen molar-refractivity contribution in [3.63, 3.8) is 0 Å². The topological polar surface area (TPSA) is 64.9 Å². The number of benzene rings is 1. The van der Waals surface area contributed by atoms with E-state index in [0.717, 1.165) is 6.07 Å². The first-order valence-corrected chi connectivity index (χ1v) is 5.62. The van der Waals surface area contributed by atoms with Gasteiger partial charge in [-0.25, -0.2) is 8.78 Å². The summed E-state index contributed by atoms with van der Waals surface area (Å²) in [5, 5.41) is 7.58. The van der Waals surface area contributed by atoms with Crippen molar-refractivity contribution in [2.24, 2.45) is 5.73 Å². The Kier molecular flexibility index (Phi) is 3.66. The van der Waals surface area contributed by atoms with Gasteiger partial charge in [0.2, 0.25) is 11.8 Å². The lowest BCUT2D eigenvalue weighted by Gasteiger charge is -2.01. The standard InChI is InChI=1S/C12H13F2N3O/c1-2-10(15)12-17-16-11(18-12)5-7-3-4-8(13)6-9(7)14/h3-4,6,10H,2,5,15H2,1H3. The highest BCUT2D eigenvalue weighted by molar-refractivity contribution is 5.21. The van der Waals surface area contributed by atoms with Crippen molar-refractivity contribution in [2.75, 3.05) is 0 Å². The van der Waals surface area contributed by atoms with E-state index in [4.69, 9.17) is 10.2 Å². The molecule has 1 aromatic heterocycles. The van der Waals surface area contributed by atoms with Crippen LogP contribution in [0.4, 0.5) is 8.78 Å². The molecule has 96 valence electrons. The quantitative estimate of drug-likeness (QED) is 0.908. The molecule has 1 unspecified atom stereocenters. The van der Waals surface area contributed by atoms with Gasteiger partial charge in [-0.05, 0) is 18.1 Å². The minimum absolute atomic E-state index is 0.121. The lowest BCUT2D eigenvalue weighted by molar-refractivity contribution is 0.417. The van der Waals surface area contributed by atoms with E-state index >= 15 is 0 Å². The van der Waals surface area contributed by atoms with E-state index in [1.165, 1.54) is 12.1 Å². The molecule has 2 rings (SSSR count). The van der Waals surface area contributed by atoms with Gasteiger partial charge >= 0.3 is 0 Å².